The van der Waals surface area contributed by atoms with Gasteiger partial charge in [0, 0.05) is 45.0 Å². The summed E-state index contributed by atoms with van der Waals surface area (Å²) in [6.07, 6.45) is -1.09. The number of hydrogen-bond acceptors (Lipinski definition) is 12. The second kappa shape index (κ2) is 19.7. The van der Waals surface area contributed by atoms with E-state index in [4.69, 9.17) is 64.3 Å². The van der Waals surface area contributed by atoms with Crippen LogP contribution < -0.4 is 14.8 Å². The number of ether oxygens (including phenoxy) is 7. The molecular formula is C43H61ClN4O10Si2. The van der Waals surface area contributed by atoms with Crippen LogP contribution in [0.1, 0.15) is 31.1 Å². The first-order chi connectivity index (χ1) is 28.5. The van der Waals surface area contributed by atoms with E-state index in [1.54, 1.807) is 12.1 Å². The predicted molar refractivity (Wildman–Crippen MR) is 236 cm³/mol. The lowest BCUT2D eigenvalue weighted by Crippen LogP contribution is -2.47. The van der Waals surface area contributed by atoms with Crippen molar-refractivity contribution in [1.82, 2.24) is 19.9 Å². The Balaban J connectivity index is 1.23. The number of nitrogens with one attached hydrogen (secondary N) is 1. The van der Waals surface area contributed by atoms with E-state index in [1.165, 1.54) is 7.11 Å². The number of benzene rings is 2. The number of rotatable bonds is 20. The molecule has 0 radical (unpaired) electrons. The lowest BCUT2D eigenvalue weighted by Gasteiger charge is -2.39. The number of pyridine rings is 1. The van der Waals surface area contributed by atoms with Crippen molar-refractivity contribution in [3.63, 3.8) is 0 Å². The van der Waals surface area contributed by atoms with Gasteiger partial charge in [0.1, 0.15) is 24.7 Å². The number of carbonyl (C=O) groups excluding carboxylic acids is 1. The molecule has 2 aliphatic rings. The highest BCUT2D eigenvalue weighted by molar-refractivity contribution is 6.76. The molecule has 0 bridgehead atoms. The Morgan fingerprint density at radius 1 is 0.933 bits per heavy atom. The van der Waals surface area contributed by atoms with E-state index in [9.17, 15) is 4.79 Å². The number of hydrogen-bond donors (Lipinski definition) is 2. The topological polar surface area (TPSA) is 154 Å². The van der Waals surface area contributed by atoms with Gasteiger partial charge in [-0.05, 0) is 54.0 Å². The average Bonchev–Trinajstić information content (AvgIpc) is 3.88. The summed E-state index contributed by atoms with van der Waals surface area (Å²) in [4.78, 5) is 22.7. The van der Waals surface area contributed by atoms with Crippen LogP contribution in [0.2, 0.25) is 48.8 Å². The minimum Gasteiger partial charge on any atom is -0.467 e. The molecule has 2 fully saturated rings. The van der Waals surface area contributed by atoms with Crippen LogP contribution in [0.25, 0.3) is 33.5 Å². The van der Waals surface area contributed by atoms with E-state index in [-0.39, 0.29) is 56.0 Å². The van der Waals surface area contributed by atoms with Crippen molar-refractivity contribution in [2.45, 2.75) is 95.7 Å². The van der Waals surface area contributed by atoms with Crippen molar-refractivity contribution in [2.24, 2.45) is 0 Å². The number of aliphatic hydroxyl groups is 1. The molecule has 4 atom stereocenters. The lowest BCUT2D eigenvalue weighted by molar-refractivity contribution is 0.00691. The Labute approximate surface area is 360 Å². The van der Waals surface area contributed by atoms with E-state index in [0.29, 0.717) is 72.2 Å². The molecule has 0 saturated carbocycles. The van der Waals surface area contributed by atoms with Gasteiger partial charge in [-0.15, -0.1) is 0 Å². The summed E-state index contributed by atoms with van der Waals surface area (Å²) in [5, 5.41) is 12.2. The molecule has 4 heterocycles. The van der Waals surface area contributed by atoms with Crippen LogP contribution in [0, 0.1) is 0 Å². The van der Waals surface area contributed by atoms with Gasteiger partial charge in [-0.25, -0.2) is 4.98 Å². The van der Waals surface area contributed by atoms with E-state index in [1.807, 2.05) is 41.0 Å². The molecule has 14 nitrogen and oxygen atoms in total. The summed E-state index contributed by atoms with van der Waals surface area (Å²) >= 11 is 7.01. The van der Waals surface area contributed by atoms with Crippen LogP contribution in [-0.2, 0) is 34.8 Å². The zero-order chi connectivity index (χ0) is 43.2. The summed E-state index contributed by atoms with van der Waals surface area (Å²) in [6, 6.07) is 16.3. The molecule has 1 amide bonds. The zero-order valence-corrected chi connectivity index (χ0v) is 39.1. The predicted octanol–water partition coefficient (Wildman–Crippen LogP) is 7.39. The first-order valence-electron chi connectivity index (χ1n) is 20.6. The van der Waals surface area contributed by atoms with Gasteiger partial charge in [-0.1, -0.05) is 76.3 Å². The molecule has 2 N–H and O–H groups in total. The first kappa shape index (κ1) is 46.1. The Kier molecular flexibility index (Phi) is 15.2. The summed E-state index contributed by atoms with van der Waals surface area (Å²) < 4.78 is 50.4. The van der Waals surface area contributed by atoms with Gasteiger partial charge in [0.05, 0.1) is 55.4 Å². The third-order valence-electron chi connectivity index (χ3n) is 11.2. The second-order valence-electron chi connectivity index (χ2n) is 17.9. The molecular weight excluding hydrogens is 824 g/mol. The highest BCUT2D eigenvalue weighted by Gasteiger charge is 2.52. The van der Waals surface area contributed by atoms with E-state index < -0.39 is 22.5 Å². The van der Waals surface area contributed by atoms with Crippen LogP contribution >= 0.6 is 11.6 Å². The number of methoxy groups -OCH3 is 1. The Hall–Kier alpha value is -3.43. The fourth-order valence-corrected chi connectivity index (χ4v) is 9.06. The molecule has 6 rings (SSSR count). The third-order valence-corrected chi connectivity index (χ3v) is 17.7. The van der Waals surface area contributed by atoms with Crippen molar-refractivity contribution in [3.8, 4) is 34.1 Å². The molecule has 2 saturated heterocycles. The van der Waals surface area contributed by atoms with Crippen LogP contribution in [0.5, 0.6) is 11.8 Å². The van der Waals surface area contributed by atoms with Crippen molar-refractivity contribution < 1.29 is 47.5 Å². The number of aromatic nitrogens is 3. The number of amides is 1. The number of carbonyl (C=O) groups is 1. The Morgan fingerprint density at radius 2 is 1.63 bits per heavy atom. The molecule has 17 heteroatoms. The van der Waals surface area contributed by atoms with Gasteiger partial charge in [-0.2, -0.15) is 4.98 Å². The number of imidazole rings is 1. The quantitative estimate of drug-likeness (QED) is 0.0517. The minimum atomic E-state index is -2.05. The van der Waals surface area contributed by atoms with Crippen LogP contribution in [0.3, 0.4) is 0 Å². The summed E-state index contributed by atoms with van der Waals surface area (Å²) in [5.41, 5.74) is 4.55. The number of nitrogens with zero attached hydrogens (tertiary/aromatic N) is 3. The summed E-state index contributed by atoms with van der Waals surface area (Å²) in [6.45, 7) is 20.5. The maximum atomic E-state index is 12.9. The van der Waals surface area contributed by atoms with Gasteiger partial charge < -0.3 is 48.0 Å². The summed E-state index contributed by atoms with van der Waals surface area (Å²) in [5.74, 6) is 0.210. The maximum Gasteiger partial charge on any atom is 0.301 e. The fraction of sp³-hybridized carbons (Fsp3) is 0.558. The number of aliphatic hydroxyl groups excluding tert-OH is 1. The van der Waals surface area contributed by atoms with Crippen LogP contribution in [0.4, 0.5) is 0 Å². The lowest BCUT2D eigenvalue weighted by atomic mass is 10.00. The molecule has 2 aromatic carbocycles. The van der Waals surface area contributed by atoms with Crippen molar-refractivity contribution in [1.29, 1.82) is 0 Å². The van der Waals surface area contributed by atoms with Crippen LogP contribution in [-0.4, -0.2) is 126 Å². The molecule has 2 aromatic heterocycles. The standard InChI is InChI=1S/C43H61ClN4O10Si2/c1-43(2,3)60(8,9)58-36-25-55-38-35(24-54-39(36)38)57-42-47-40-33(48(42)26-53-20-21-59(5,6)7)23-32(44)37(46-40)29-12-10-28(11-13-29)31-15-14-30(22-34(31)56-27-51-4)41(50)45-16-18-52-19-17-49/h10-15,22-23,35-36,38-39,49H,16-21,24-27H2,1-9H3,(H,45,50)/t35-,36-,38-,39-/m1/s1. The summed E-state index contributed by atoms with van der Waals surface area (Å²) in [7, 11) is -1.84. The minimum absolute atomic E-state index is 0.000559. The molecule has 60 heavy (non-hydrogen) atoms. The number of fused-ring (bicyclic) bond motifs is 2. The van der Waals surface area contributed by atoms with Gasteiger partial charge in [0.15, 0.2) is 26.9 Å². The van der Waals surface area contributed by atoms with Crippen molar-refractivity contribution >= 4 is 45.1 Å². The Bertz CT molecular complexity index is 2070. The Morgan fingerprint density at radius 3 is 2.32 bits per heavy atom. The van der Waals surface area contributed by atoms with Crippen LogP contribution in [0.15, 0.2) is 48.5 Å². The van der Waals surface area contributed by atoms with Gasteiger partial charge in [-0.3, -0.25) is 9.36 Å². The molecule has 4 aromatic rings. The highest BCUT2D eigenvalue weighted by atomic mass is 35.5. The zero-order valence-electron chi connectivity index (χ0n) is 36.3. The molecule has 0 unspecified atom stereocenters. The monoisotopic (exact) mass is 884 g/mol. The largest absolute Gasteiger partial charge is 0.467 e. The van der Waals surface area contributed by atoms with Crippen molar-refractivity contribution in [2.75, 3.05) is 60.1 Å². The molecule has 0 aliphatic carbocycles. The van der Waals surface area contributed by atoms with E-state index in [2.05, 4.69) is 58.8 Å². The highest BCUT2D eigenvalue weighted by Crippen LogP contribution is 2.41. The third kappa shape index (κ3) is 11.1. The first-order valence-corrected chi connectivity index (χ1v) is 27.5. The SMILES string of the molecule is COCOc1cc(C(=O)NCCOCCO)ccc1-c1ccc(-c2nc3nc(O[C@@H]4CO[C@H]5[C@@H]4OC[C@H]5O[Si](C)(C)C(C)(C)C)n(COCC[Si](C)(C)C)c3cc2Cl)cc1. The molecule has 0 spiro atoms. The second-order valence-corrected chi connectivity index (χ2v) is 28.7. The van der Waals surface area contributed by atoms with Gasteiger partial charge >= 0.3 is 6.01 Å². The maximum absolute atomic E-state index is 12.9. The molecule has 328 valence electrons. The van der Waals surface area contributed by atoms with Gasteiger partial charge in [0.25, 0.3) is 5.91 Å². The van der Waals surface area contributed by atoms with E-state index >= 15 is 0 Å². The average molecular weight is 886 g/mol. The molecule has 2 aliphatic heterocycles. The normalized spacial score (nSPS) is 19.5. The van der Waals surface area contributed by atoms with E-state index in [0.717, 1.165) is 22.7 Å². The van der Waals surface area contributed by atoms with Crippen molar-refractivity contribution in [3.05, 3.63) is 59.1 Å². The smallest absolute Gasteiger partial charge is 0.301 e. The number of halogens is 1. The van der Waals surface area contributed by atoms with Gasteiger partial charge in [0.2, 0.25) is 0 Å². The fourth-order valence-electron chi connectivity index (χ4n) is 6.73.